The predicted molar refractivity (Wildman–Crippen MR) is 86.1 cm³/mol. The first-order chi connectivity index (χ1) is 11.3. The predicted octanol–water partition coefficient (Wildman–Crippen LogP) is 1.49. The lowest BCUT2D eigenvalue weighted by Gasteiger charge is -2.26. The number of likely N-dealkylation sites (tertiary alicyclic amines) is 2. The third-order valence-electron chi connectivity index (χ3n) is 4.80. The van der Waals surface area contributed by atoms with Crippen LogP contribution in [0.3, 0.4) is 0 Å². The van der Waals surface area contributed by atoms with Crippen LogP contribution in [-0.2, 0) is 4.79 Å². The minimum atomic E-state index is -0.158. The molecule has 6 heteroatoms. The number of carbonyl (C=O) groups is 2. The molecule has 2 aliphatic heterocycles. The SMILES string of the molecule is O=C(NCCN1CCC(N2CCCCCC2)C1=O)c1ccoc1. The molecule has 3 heterocycles. The molecule has 23 heavy (non-hydrogen) atoms. The maximum Gasteiger partial charge on any atom is 0.254 e. The van der Waals surface area contributed by atoms with Crippen molar-refractivity contribution in [2.24, 2.45) is 0 Å². The summed E-state index contributed by atoms with van der Waals surface area (Å²) in [4.78, 5) is 28.6. The minimum Gasteiger partial charge on any atom is -0.472 e. The monoisotopic (exact) mass is 319 g/mol. The van der Waals surface area contributed by atoms with Crippen LogP contribution in [0.4, 0.5) is 0 Å². The Kier molecular flexibility index (Phi) is 5.33. The number of hydrogen-bond donors (Lipinski definition) is 1. The van der Waals surface area contributed by atoms with Gasteiger partial charge in [0.15, 0.2) is 0 Å². The summed E-state index contributed by atoms with van der Waals surface area (Å²) in [6.45, 7) is 3.93. The van der Waals surface area contributed by atoms with Gasteiger partial charge in [0, 0.05) is 19.6 Å². The van der Waals surface area contributed by atoms with Crippen molar-refractivity contribution >= 4 is 11.8 Å². The lowest BCUT2D eigenvalue weighted by Crippen LogP contribution is -2.44. The van der Waals surface area contributed by atoms with Crippen LogP contribution in [0.2, 0.25) is 0 Å². The van der Waals surface area contributed by atoms with Gasteiger partial charge in [-0.05, 0) is 38.4 Å². The van der Waals surface area contributed by atoms with Crippen molar-refractivity contribution < 1.29 is 14.0 Å². The van der Waals surface area contributed by atoms with E-state index in [2.05, 4.69) is 10.2 Å². The molecule has 126 valence electrons. The van der Waals surface area contributed by atoms with Crippen molar-refractivity contribution in [2.75, 3.05) is 32.7 Å². The van der Waals surface area contributed by atoms with Crippen LogP contribution in [0.5, 0.6) is 0 Å². The van der Waals surface area contributed by atoms with Crippen LogP contribution < -0.4 is 5.32 Å². The molecule has 2 amide bonds. The molecule has 0 spiro atoms. The average molecular weight is 319 g/mol. The summed E-state index contributed by atoms with van der Waals surface area (Å²) in [6, 6.07) is 1.68. The van der Waals surface area contributed by atoms with Gasteiger partial charge in [0.05, 0.1) is 17.9 Å². The first-order valence-electron chi connectivity index (χ1n) is 8.59. The summed E-state index contributed by atoms with van der Waals surface area (Å²) in [5, 5.41) is 2.83. The van der Waals surface area contributed by atoms with Gasteiger partial charge in [0.1, 0.15) is 6.26 Å². The van der Waals surface area contributed by atoms with Crippen LogP contribution in [0, 0.1) is 0 Å². The van der Waals surface area contributed by atoms with Crippen LogP contribution in [0.15, 0.2) is 23.0 Å². The second-order valence-corrected chi connectivity index (χ2v) is 6.35. The van der Waals surface area contributed by atoms with Gasteiger partial charge in [0.25, 0.3) is 5.91 Å². The summed E-state index contributed by atoms with van der Waals surface area (Å²) in [5.41, 5.74) is 0.514. The number of nitrogens with one attached hydrogen (secondary N) is 1. The molecule has 1 aromatic rings. The van der Waals surface area contributed by atoms with E-state index in [-0.39, 0.29) is 17.9 Å². The topological polar surface area (TPSA) is 65.8 Å². The zero-order chi connectivity index (χ0) is 16.1. The Morgan fingerprint density at radius 1 is 1.22 bits per heavy atom. The largest absolute Gasteiger partial charge is 0.472 e. The van der Waals surface area contributed by atoms with Gasteiger partial charge in [0.2, 0.25) is 5.91 Å². The molecule has 6 nitrogen and oxygen atoms in total. The maximum atomic E-state index is 12.6. The maximum absolute atomic E-state index is 12.6. The fourth-order valence-corrected chi connectivity index (χ4v) is 3.49. The highest BCUT2D eigenvalue weighted by atomic mass is 16.3. The quantitative estimate of drug-likeness (QED) is 0.893. The van der Waals surface area contributed by atoms with Gasteiger partial charge in [-0.15, -0.1) is 0 Å². The zero-order valence-corrected chi connectivity index (χ0v) is 13.5. The lowest BCUT2D eigenvalue weighted by atomic mass is 10.2. The zero-order valence-electron chi connectivity index (χ0n) is 13.5. The Hall–Kier alpha value is -1.82. The van der Waals surface area contributed by atoms with Crippen LogP contribution in [0.1, 0.15) is 42.5 Å². The molecule has 0 radical (unpaired) electrons. The van der Waals surface area contributed by atoms with Crippen LogP contribution >= 0.6 is 0 Å². The molecule has 2 fully saturated rings. The van der Waals surface area contributed by atoms with Crippen molar-refractivity contribution in [3.63, 3.8) is 0 Å². The molecule has 0 saturated carbocycles. The Bertz CT molecular complexity index is 521. The highest BCUT2D eigenvalue weighted by Crippen LogP contribution is 2.20. The van der Waals surface area contributed by atoms with E-state index in [9.17, 15) is 9.59 Å². The van der Waals surface area contributed by atoms with Crippen LogP contribution in [0.25, 0.3) is 0 Å². The van der Waals surface area contributed by atoms with Crippen molar-refractivity contribution in [1.29, 1.82) is 0 Å². The van der Waals surface area contributed by atoms with E-state index < -0.39 is 0 Å². The van der Waals surface area contributed by atoms with E-state index >= 15 is 0 Å². The van der Waals surface area contributed by atoms with Crippen molar-refractivity contribution in [1.82, 2.24) is 15.1 Å². The Balaban J connectivity index is 1.44. The van der Waals surface area contributed by atoms with Crippen LogP contribution in [-0.4, -0.2) is 60.4 Å². The standard InChI is InChI=1S/C17H25N3O3/c21-16(14-6-12-23-13-14)18-7-11-20-10-5-15(17(20)22)19-8-3-1-2-4-9-19/h6,12-13,15H,1-5,7-11H2,(H,18,21). The van der Waals surface area contributed by atoms with Gasteiger partial charge in [-0.2, -0.15) is 0 Å². The molecule has 1 unspecified atom stereocenters. The smallest absolute Gasteiger partial charge is 0.254 e. The fourth-order valence-electron chi connectivity index (χ4n) is 3.49. The van der Waals surface area contributed by atoms with E-state index in [1.807, 2.05) is 4.90 Å². The number of nitrogens with zero attached hydrogens (tertiary/aromatic N) is 2. The Morgan fingerprint density at radius 2 is 2.00 bits per heavy atom. The average Bonchev–Trinajstić information content (AvgIpc) is 3.12. The van der Waals surface area contributed by atoms with Gasteiger partial charge >= 0.3 is 0 Å². The third-order valence-corrected chi connectivity index (χ3v) is 4.80. The number of carbonyl (C=O) groups excluding carboxylic acids is 2. The molecular formula is C17H25N3O3. The van der Waals surface area contributed by atoms with E-state index in [0.717, 1.165) is 26.1 Å². The Labute approximate surface area is 136 Å². The molecule has 1 atom stereocenters. The number of furan rings is 1. The summed E-state index contributed by atoms with van der Waals surface area (Å²) >= 11 is 0. The second kappa shape index (κ2) is 7.64. The second-order valence-electron chi connectivity index (χ2n) is 6.35. The molecule has 2 saturated heterocycles. The molecule has 2 aliphatic rings. The van der Waals surface area contributed by atoms with E-state index in [0.29, 0.717) is 18.7 Å². The normalized spacial score (nSPS) is 23.0. The minimum absolute atomic E-state index is 0.0534. The summed E-state index contributed by atoms with van der Waals surface area (Å²) in [6.07, 6.45) is 8.77. The summed E-state index contributed by atoms with van der Waals surface area (Å²) in [7, 11) is 0. The first-order valence-corrected chi connectivity index (χ1v) is 8.59. The van der Waals surface area contributed by atoms with E-state index in [4.69, 9.17) is 4.42 Å². The lowest BCUT2D eigenvalue weighted by molar-refractivity contribution is -0.132. The van der Waals surface area contributed by atoms with Crippen molar-refractivity contribution in [3.05, 3.63) is 24.2 Å². The summed E-state index contributed by atoms with van der Waals surface area (Å²) < 4.78 is 4.89. The molecule has 0 aliphatic carbocycles. The fraction of sp³-hybridized carbons (Fsp3) is 0.647. The van der Waals surface area contributed by atoms with Gasteiger partial charge < -0.3 is 14.6 Å². The van der Waals surface area contributed by atoms with E-state index in [1.54, 1.807) is 6.07 Å². The number of amides is 2. The number of rotatable bonds is 5. The van der Waals surface area contributed by atoms with Crippen molar-refractivity contribution in [2.45, 2.75) is 38.1 Å². The highest BCUT2D eigenvalue weighted by molar-refractivity contribution is 5.93. The van der Waals surface area contributed by atoms with Gasteiger partial charge in [-0.3, -0.25) is 14.5 Å². The van der Waals surface area contributed by atoms with E-state index in [1.165, 1.54) is 38.2 Å². The molecular weight excluding hydrogens is 294 g/mol. The molecule has 1 aromatic heterocycles. The molecule has 1 N–H and O–H groups in total. The number of hydrogen-bond acceptors (Lipinski definition) is 4. The summed E-state index contributed by atoms with van der Waals surface area (Å²) in [5.74, 6) is 0.0684. The first kappa shape index (κ1) is 16.1. The highest BCUT2D eigenvalue weighted by Gasteiger charge is 2.35. The Morgan fingerprint density at radius 3 is 2.70 bits per heavy atom. The third kappa shape index (κ3) is 3.93. The molecule has 0 aromatic carbocycles. The molecule has 3 rings (SSSR count). The van der Waals surface area contributed by atoms with Gasteiger partial charge in [-0.1, -0.05) is 12.8 Å². The van der Waals surface area contributed by atoms with Crippen molar-refractivity contribution in [3.8, 4) is 0 Å². The van der Waals surface area contributed by atoms with Gasteiger partial charge in [-0.25, -0.2) is 0 Å². The molecule has 0 bridgehead atoms.